The van der Waals surface area contributed by atoms with Crippen molar-refractivity contribution < 1.29 is 0 Å². The molecule has 4 heteroatoms. The van der Waals surface area contributed by atoms with E-state index in [1.54, 1.807) is 0 Å². The van der Waals surface area contributed by atoms with E-state index in [1.807, 2.05) is 18.2 Å². The van der Waals surface area contributed by atoms with Crippen molar-refractivity contribution in [2.75, 3.05) is 5.32 Å². The topological polar surface area (TPSA) is 60.7 Å². The van der Waals surface area contributed by atoms with Crippen LogP contribution in [0.3, 0.4) is 0 Å². The van der Waals surface area contributed by atoms with Gasteiger partial charge in [-0.05, 0) is 32.0 Å². The zero-order chi connectivity index (χ0) is 10.1. The number of aromatic amines is 2. The third kappa shape index (κ3) is 1.64. The molecule has 4 nitrogen and oxygen atoms in total. The zero-order valence-electron chi connectivity index (χ0n) is 8.22. The third-order valence-corrected chi connectivity index (χ3v) is 1.97. The van der Waals surface area contributed by atoms with E-state index >= 15 is 0 Å². The number of hydrogen-bond donors (Lipinski definition) is 3. The highest BCUT2D eigenvalue weighted by Gasteiger charge is 2.00. The first-order chi connectivity index (χ1) is 6.65. The van der Waals surface area contributed by atoms with Gasteiger partial charge >= 0.3 is 5.69 Å². The van der Waals surface area contributed by atoms with Crippen LogP contribution in [0.25, 0.3) is 11.0 Å². The molecule has 0 aliphatic carbocycles. The summed E-state index contributed by atoms with van der Waals surface area (Å²) < 4.78 is 0. The van der Waals surface area contributed by atoms with Crippen molar-refractivity contribution in [2.45, 2.75) is 19.9 Å². The van der Waals surface area contributed by atoms with Crippen LogP contribution in [0, 0.1) is 0 Å². The number of imidazole rings is 1. The lowest BCUT2D eigenvalue weighted by Gasteiger charge is -2.09. The fourth-order valence-corrected chi connectivity index (χ4v) is 1.46. The molecule has 2 aromatic rings. The highest BCUT2D eigenvalue weighted by Crippen LogP contribution is 2.14. The molecule has 74 valence electrons. The Morgan fingerprint density at radius 2 is 1.93 bits per heavy atom. The second-order valence-electron chi connectivity index (χ2n) is 3.64. The maximum absolute atomic E-state index is 11.0. The molecule has 0 atom stereocenters. The maximum Gasteiger partial charge on any atom is 0.323 e. The predicted octanol–water partition coefficient (Wildman–Crippen LogP) is 1.68. The second kappa shape index (κ2) is 3.21. The molecule has 0 unspecified atom stereocenters. The molecule has 1 heterocycles. The van der Waals surface area contributed by atoms with E-state index in [1.165, 1.54) is 0 Å². The molecule has 0 spiro atoms. The lowest BCUT2D eigenvalue weighted by molar-refractivity contribution is 0.900. The molecule has 0 amide bonds. The molecule has 0 bridgehead atoms. The molecule has 3 N–H and O–H groups in total. The Morgan fingerprint density at radius 3 is 2.64 bits per heavy atom. The summed E-state index contributed by atoms with van der Waals surface area (Å²) >= 11 is 0. The number of H-pyrrole nitrogens is 2. The van der Waals surface area contributed by atoms with E-state index in [4.69, 9.17) is 0 Å². The van der Waals surface area contributed by atoms with Gasteiger partial charge in [-0.1, -0.05) is 0 Å². The van der Waals surface area contributed by atoms with E-state index in [-0.39, 0.29) is 5.69 Å². The van der Waals surface area contributed by atoms with Gasteiger partial charge < -0.3 is 15.3 Å². The van der Waals surface area contributed by atoms with Gasteiger partial charge in [-0.3, -0.25) is 0 Å². The largest absolute Gasteiger partial charge is 0.383 e. The molecule has 2 rings (SSSR count). The summed E-state index contributed by atoms with van der Waals surface area (Å²) in [5, 5.41) is 3.27. The first kappa shape index (κ1) is 8.87. The minimum Gasteiger partial charge on any atom is -0.383 e. The molecular formula is C10H13N3O. The SMILES string of the molecule is CC(C)Nc1ccc2[nH]c(=O)[nH]c2c1. The van der Waals surface area contributed by atoms with E-state index in [2.05, 4.69) is 29.1 Å². The number of fused-ring (bicyclic) bond motifs is 1. The Hall–Kier alpha value is -1.71. The molecule has 0 saturated carbocycles. The van der Waals surface area contributed by atoms with Gasteiger partial charge in [0.2, 0.25) is 0 Å². The lowest BCUT2D eigenvalue weighted by atomic mass is 10.2. The fraction of sp³-hybridized carbons (Fsp3) is 0.300. The van der Waals surface area contributed by atoms with Gasteiger partial charge in [-0.2, -0.15) is 0 Å². The van der Waals surface area contributed by atoms with Crippen LogP contribution >= 0.6 is 0 Å². The van der Waals surface area contributed by atoms with Gasteiger partial charge in [0.1, 0.15) is 0 Å². The van der Waals surface area contributed by atoms with Crippen LogP contribution in [0.2, 0.25) is 0 Å². The Balaban J connectivity index is 2.45. The Labute approximate surface area is 81.3 Å². The van der Waals surface area contributed by atoms with Crippen molar-refractivity contribution in [3.63, 3.8) is 0 Å². The zero-order valence-corrected chi connectivity index (χ0v) is 8.22. The van der Waals surface area contributed by atoms with Crippen molar-refractivity contribution in [3.05, 3.63) is 28.7 Å². The maximum atomic E-state index is 11.0. The van der Waals surface area contributed by atoms with Gasteiger partial charge in [0.25, 0.3) is 0 Å². The van der Waals surface area contributed by atoms with Gasteiger partial charge in [-0.25, -0.2) is 4.79 Å². The molecule has 0 aliphatic rings. The van der Waals surface area contributed by atoms with Crippen molar-refractivity contribution >= 4 is 16.7 Å². The molecule has 0 radical (unpaired) electrons. The number of anilines is 1. The van der Waals surface area contributed by atoms with Crippen molar-refractivity contribution in [1.82, 2.24) is 9.97 Å². The summed E-state index contributed by atoms with van der Waals surface area (Å²) in [6, 6.07) is 6.15. The summed E-state index contributed by atoms with van der Waals surface area (Å²) in [6.07, 6.45) is 0. The average molecular weight is 191 g/mol. The van der Waals surface area contributed by atoms with Crippen LogP contribution < -0.4 is 11.0 Å². The number of benzene rings is 1. The summed E-state index contributed by atoms with van der Waals surface area (Å²) in [6.45, 7) is 4.15. The first-order valence-corrected chi connectivity index (χ1v) is 4.64. The minimum atomic E-state index is -0.165. The van der Waals surface area contributed by atoms with Gasteiger partial charge in [-0.15, -0.1) is 0 Å². The van der Waals surface area contributed by atoms with Crippen LogP contribution in [0.1, 0.15) is 13.8 Å². The van der Waals surface area contributed by atoms with Crippen molar-refractivity contribution in [1.29, 1.82) is 0 Å². The highest BCUT2D eigenvalue weighted by atomic mass is 16.1. The van der Waals surface area contributed by atoms with E-state index < -0.39 is 0 Å². The van der Waals surface area contributed by atoms with Gasteiger partial charge in [0, 0.05) is 11.7 Å². The molecule has 1 aromatic heterocycles. The number of rotatable bonds is 2. The van der Waals surface area contributed by atoms with Gasteiger partial charge in [0.15, 0.2) is 0 Å². The Kier molecular flexibility index (Phi) is 2.04. The van der Waals surface area contributed by atoms with Crippen LogP contribution in [-0.2, 0) is 0 Å². The van der Waals surface area contributed by atoms with Crippen molar-refractivity contribution in [3.8, 4) is 0 Å². The molecule has 0 aliphatic heterocycles. The molecule has 0 fully saturated rings. The number of hydrogen-bond acceptors (Lipinski definition) is 2. The quantitative estimate of drug-likeness (QED) is 0.676. The minimum absolute atomic E-state index is 0.165. The summed E-state index contributed by atoms with van der Waals surface area (Å²) in [7, 11) is 0. The summed E-state index contributed by atoms with van der Waals surface area (Å²) in [5.41, 5.74) is 2.52. The van der Waals surface area contributed by atoms with Crippen LogP contribution in [0.15, 0.2) is 23.0 Å². The summed E-state index contributed by atoms with van der Waals surface area (Å²) in [4.78, 5) is 16.4. The standard InChI is InChI=1S/C10H13N3O/c1-6(2)11-7-3-4-8-9(5-7)13-10(14)12-8/h3-6,11H,1-2H3,(H2,12,13,14). The van der Waals surface area contributed by atoms with E-state index in [0.717, 1.165) is 16.7 Å². The average Bonchev–Trinajstić information content (AvgIpc) is 2.42. The Bertz CT molecular complexity index is 495. The van der Waals surface area contributed by atoms with Gasteiger partial charge in [0.05, 0.1) is 11.0 Å². The third-order valence-electron chi connectivity index (χ3n) is 1.97. The van der Waals surface area contributed by atoms with Crippen LogP contribution in [-0.4, -0.2) is 16.0 Å². The highest BCUT2D eigenvalue weighted by molar-refractivity contribution is 5.78. The predicted molar refractivity (Wildman–Crippen MR) is 57.7 cm³/mol. The van der Waals surface area contributed by atoms with Crippen LogP contribution in [0.4, 0.5) is 5.69 Å². The van der Waals surface area contributed by atoms with Crippen molar-refractivity contribution in [2.24, 2.45) is 0 Å². The van der Waals surface area contributed by atoms with E-state index in [0.29, 0.717) is 6.04 Å². The number of aromatic nitrogens is 2. The normalized spacial score (nSPS) is 11.1. The van der Waals surface area contributed by atoms with E-state index in [9.17, 15) is 4.79 Å². The smallest absolute Gasteiger partial charge is 0.323 e. The first-order valence-electron chi connectivity index (χ1n) is 4.64. The Morgan fingerprint density at radius 1 is 1.21 bits per heavy atom. The molecule has 1 aromatic carbocycles. The monoisotopic (exact) mass is 191 g/mol. The molecule has 0 saturated heterocycles. The molecule has 14 heavy (non-hydrogen) atoms. The second-order valence-corrected chi connectivity index (χ2v) is 3.64. The van der Waals surface area contributed by atoms with Crippen LogP contribution in [0.5, 0.6) is 0 Å². The molecular weight excluding hydrogens is 178 g/mol. The summed E-state index contributed by atoms with van der Waals surface area (Å²) in [5.74, 6) is 0. The fourth-order valence-electron chi connectivity index (χ4n) is 1.46. The lowest BCUT2D eigenvalue weighted by Crippen LogP contribution is -2.09. The number of nitrogens with one attached hydrogen (secondary N) is 3.